The van der Waals surface area contributed by atoms with Crippen LogP contribution in [-0.4, -0.2) is 42.1 Å². The Bertz CT molecular complexity index is 522. The topological polar surface area (TPSA) is 81.2 Å². The van der Waals surface area contributed by atoms with Gasteiger partial charge in [0.05, 0.1) is 17.9 Å². The fourth-order valence-electron chi connectivity index (χ4n) is 2.22. The van der Waals surface area contributed by atoms with Gasteiger partial charge >= 0.3 is 0 Å². The van der Waals surface area contributed by atoms with E-state index in [1.165, 1.54) is 4.31 Å². The minimum absolute atomic E-state index is 0.330. The molecule has 7 heteroatoms. The molecule has 0 amide bonds. The number of sulfonamides is 1. The third-order valence-corrected chi connectivity index (χ3v) is 5.31. The van der Waals surface area contributed by atoms with E-state index in [0.29, 0.717) is 42.5 Å². The predicted octanol–water partition coefficient (Wildman–Crippen LogP) is 0.879. The van der Waals surface area contributed by atoms with Gasteiger partial charge in [0.15, 0.2) is 0 Å². The number of hydrogen-bond acceptors (Lipinski definition) is 4. The van der Waals surface area contributed by atoms with Gasteiger partial charge < -0.3 is 5.73 Å². The number of rotatable bonds is 7. The molecular weight excluding hydrogens is 264 g/mol. The van der Waals surface area contributed by atoms with Gasteiger partial charge in [0, 0.05) is 19.6 Å². The molecule has 110 valence electrons. The van der Waals surface area contributed by atoms with Crippen molar-refractivity contribution in [3.63, 3.8) is 0 Å². The normalized spacial score (nSPS) is 12.3. The second-order valence-corrected chi connectivity index (χ2v) is 6.38. The highest BCUT2D eigenvalue weighted by molar-refractivity contribution is 7.89. The molecule has 0 saturated carbocycles. The molecule has 6 nitrogen and oxygen atoms in total. The van der Waals surface area contributed by atoms with Gasteiger partial charge in [-0.05, 0) is 20.3 Å². The lowest BCUT2D eigenvalue weighted by atomic mass is 10.4. The summed E-state index contributed by atoms with van der Waals surface area (Å²) in [5.74, 6) is 0. The highest BCUT2D eigenvalue weighted by Gasteiger charge is 2.29. The van der Waals surface area contributed by atoms with Gasteiger partial charge in [-0.2, -0.15) is 9.40 Å². The summed E-state index contributed by atoms with van der Waals surface area (Å²) in [6, 6.07) is 0. The third-order valence-electron chi connectivity index (χ3n) is 3.08. The van der Waals surface area contributed by atoms with E-state index in [2.05, 4.69) is 5.10 Å². The molecule has 1 aromatic rings. The van der Waals surface area contributed by atoms with Crippen molar-refractivity contribution >= 4 is 10.0 Å². The molecule has 19 heavy (non-hydrogen) atoms. The molecule has 0 fully saturated rings. The van der Waals surface area contributed by atoms with Crippen LogP contribution in [0.2, 0.25) is 0 Å². The van der Waals surface area contributed by atoms with E-state index in [9.17, 15) is 8.42 Å². The number of aryl methyl sites for hydroxylation is 1. The SMILES string of the molecule is CCCN(CC)S(=O)(=O)c1c(C)nn(CCN)c1C. The highest BCUT2D eigenvalue weighted by atomic mass is 32.2. The Hall–Kier alpha value is -0.920. The molecule has 1 heterocycles. The maximum atomic E-state index is 12.7. The molecule has 0 radical (unpaired) electrons. The fourth-order valence-corrected chi connectivity index (χ4v) is 4.13. The average molecular weight is 288 g/mol. The van der Waals surface area contributed by atoms with Crippen LogP contribution in [0.25, 0.3) is 0 Å². The third kappa shape index (κ3) is 3.16. The molecule has 0 aromatic carbocycles. The Morgan fingerprint density at radius 2 is 1.95 bits per heavy atom. The van der Waals surface area contributed by atoms with Crippen molar-refractivity contribution < 1.29 is 8.42 Å². The van der Waals surface area contributed by atoms with E-state index < -0.39 is 10.0 Å². The largest absolute Gasteiger partial charge is 0.329 e. The molecule has 0 aliphatic rings. The van der Waals surface area contributed by atoms with Gasteiger partial charge in [0.1, 0.15) is 4.90 Å². The lowest BCUT2D eigenvalue weighted by Crippen LogP contribution is -2.32. The van der Waals surface area contributed by atoms with Crippen LogP contribution >= 0.6 is 0 Å². The van der Waals surface area contributed by atoms with Crippen LogP contribution in [0.5, 0.6) is 0 Å². The van der Waals surface area contributed by atoms with E-state index in [-0.39, 0.29) is 0 Å². The summed E-state index contributed by atoms with van der Waals surface area (Å²) >= 11 is 0. The molecule has 0 unspecified atom stereocenters. The van der Waals surface area contributed by atoms with Gasteiger partial charge in [-0.1, -0.05) is 13.8 Å². The van der Waals surface area contributed by atoms with Crippen molar-refractivity contribution in [2.75, 3.05) is 19.6 Å². The van der Waals surface area contributed by atoms with E-state index >= 15 is 0 Å². The molecule has 0 aliphatic heterocycles. The number of aromatic nitrogens is 2. The summed E-state index contributed by atoms with van der Waals surface area (Å²) in [5, 5.41) is 4.27. The first-order chi connectivity index (χ1) is 8.89. The van der Waals surface area contributed by atoms with Gasteiger partial charge in [0.2, 0.25) is 10.0 Å². The Balaban J connectivity index is 3.28. The van der Waals surface area contributed by atoms with Crippen molar-refractivity contribution in [1.29, 1.82) is 0 Å². The van der Waals surface area contributed by atoms with E-state index in [1.54, 1.807) is 18.5 Å². The summed E-state index contributed by atoms with van der Waals surface area (Å²) in [7, 11) is -3.46. The van der Waals surface area contributed by atoms with Gasteiger partial charge in [0.25, 0.3) is 0 Å². The zero-order chi connectivity index (χ0) is 14.6. The van der Waals surface area contributed by atoms with Crippen LogP contribution in [0.1, 0.15) is 31.7 Å². The van der Waals surface area contributed by atoms with Crippen molar-refractivity contribution in [2.24, 2.45) is 5.73 Å². The quantitative estimate of drug-likeness (QED) is 0.807. The molecular formula is C12H24N4O2S. The van der Waals surface area contributed by atoms with Crippen molar-refractivity contribution in [3.8, 4) is 0 Å². The zero-order valence-corrected chi connectivity index (χ0v) is 13.0. The maximum absolute atomic E-state index is 12.7. The van der Waals surface area contributed by atoms with Crippen LogP contribution in [0, 0.1) is 13.8 Å². The number of nitrogens with zero attached hydrogens (tertiary/aromatic N) is 3. The van der Waals surface area contributed by atoms with Crippen molar-refractivity contribution in [2.45, 2.75) is 45.6 Å². The highest BCUT2D eigenvalue weighted by Crippen LogP contribution is 2.23. The molecule has 0 spiro atoms. The van der Waals surface area contributed by atoms with E-state index in [4.69, 9.17) is 5.73 Å². The molecule has 0 saturated heterocycles. The van der Waals surface area contributed by atoms with Crippen molar-refractivity contribution in [3.05, 3.63) is 11.4 Å². The Morgan fingerprint density at radius 1 is 1.32 bits per heavy atom. The average Bonchev–Trinajstić information content (AvgIpc) is 2.62. The first kappa shape index (κ1) is 16.1. The lowest BCUT2D eigenvalue weighted by Gasteiger charge is -2.19. The minimum Gasteiger partial charge on any atom is -0.329 e. The predicted molar refractivity (Wildman–Crippen MR) is 75.5 cm³/mol. The lowest BCUT2D eigenvalue weighted by molar-refractivity contribution is 0.426. The minimum atomic E-state index is -3.46. The van der Waals surface area contributed by atoms with Crippen LogP contribution in [0.15, 0.2) is 4.90 Å². The van der Waals surface area contributed by atoms with Gasteiger partial charge in [-0.25, -0.2) is 8.42 Å². The molecule has 1 rings (SSSR count). The summed E-state index contributed by atoms with van der Waals surface area (Å²) in [4.78, 5) is 0.330. The van der Waals surface area contributed by atoms with Gasteiger partial charge in [-0.15, -0.1) is 0 Å². The Morgan fingerprint density at radius 3 is 2.42 bits per heavy atom. The van der Waals surface area contributed by atoms with Crippen LogP contribution < -0.4 is 5.73 Å². The smallest absolute Gasteiger partial charge is 0.246 e. The number of nitrogens with two attached hydrogens (primary N) is 1. The van der Waals surface area contributed by atoms with Gasteiger partial charge in [-0.3, -0.25) is 4.68 Å². The summed E-state index contributed by atoms with van der Waals surface area (Å²) in [6.07, 6.45) is 0.794. The van der Waals surface area contributed by atoms with E-state index in [1.807, 2.05) is 13.8 Å². The Kier molecular flexibility index (Phi) is 5.51. The zero-order valence-electron chi connectivity index (χ0n) is 12.2. The number of hydrogen-bond donors (Lipinski definition) is 1. The fraction of sp³-hybridized carbons (Fsp3) is 0.750. The molecule has 0 aliphatic carbocycles. The van der Waals surface area contributed by atoms with Crippen molar-refractivity contribution in [1.82, 2.24) is 14.1 Å². The second kappa shape index (κ2) is 6.49. The van der Waals surface area contributed by atoms with Crippen LogP contribution in [0.4, 0.5) is 0 Å². The standard InChI is InChI=1S/C12H24N4O2S/c1-5-8-15(6-2)19(17,18)12-10(3)14-16(9-7-13)11(12)4/h5-9,13H2,1-4H3. The van der Waals surface area contributed by atoms with Crippen LogP contribution in [-0.2, 0) is 16.6 Å². The summed E-state index contributed by atoms with van der Waals surface area (Å²) in [6.45, 7) is 9.29. The van der Waals surface area contributed by atoms with E-state index in [0.717, 1.165) is 6.42 Å². The maximum Gasteiger partial charge on any atom is 0.246 e. The summed E-state index contributed by atoms with van der Waals surface area (Å²) < 4.78 is 28.5. The summed E-state index contributed by atoms with van der Waals surface area (Å²) in [5.41, 5.74) is 6.72. The monoisotopic (exact) mass is 288 g/mol. The molecule has 2 N–H and O–H groups in total. The molecule has 0 atom stereocenters. The first-order valence-corrected chi connectivity index (χ1v) is 8.08. The van der Waals surface area contributed by atoms with Crippen LogP contribution in [0.3, 0.4) is 0 Å². The molecule has 0 bridgehead atoms. The second-order valence-electron chi connectivity index (χ2n) is 4.51. The first-order valence-electron chi connectivity index (χ1n) is 6.64. The Labute approximate surface area is 115 Å². The molecule has 1 aromatic heterocycles.